The summed E-state index contributed by atoms with van der Waals surface area (Å²) in [6.07, 6.45) is 12.1. The average Bonchev–Trinajstić information content (AvgIpc) is 2.38. The van der Waals surface area contributed by atoms with Crippen molar-refractivity contribution in [2.45, 2.75) is 12.5 Å². The Morgan fingerprint density at radius 1 is 1.41 bits per heavy atom. The van der Waals surface area contributed by atoms with Crippen molar-refractivity contribution >= 4 is 5.97 Å². The summed E-state index contributed by atoms with van der Waals surface area (Å²) in [4.78, 5) is 10.9. The molecule has 3 rings (SSSR count). The molecule has 1 atom stereocenters. The Morgan fingerprint density at radius 3 is 3.12 bits per heavy atom. The van der Waals surface area contributed by atoms with Crippen molar-refractivity contribution in [3.63, 3.8) is 0 Å². The predicted molar refractivity (Wildman–Crippen MR) is 63.8 cm³/mol. The first-order chi connectivity index (χ1) is 8.25. The third-order valence-corrected chi connectivity index (χ3v) is 3.14. The van der Waals surface area contributed by atoms with Gasteiger partial charge in [0.15, 0.2) is 0 Å². The SMILES string of the molecule is O=C(O)C1=CNC2C(=C1)C=CC1=C2CC=CN1. The number of hydrogen-bond acceptors (Lipinski definition) is 3. The number of allylic oxidation sites excluding steroid dienone is 2. The fourth-order valence-corrected chi connectivity index (χ4v) is 2.29. The van der Waals surface area contributed by atoms with E-state index < -0.39 is 5.97 Å². The Hall–Kier alpha value is -2.23. The third-order valence-electron chi connectivity index (χ3n) is 3.14. The summed E-state index contributed by atoms with van der Waals surface area (Å²) in [5.41, 5.74) is 3.65. The van der Waals surface area contributed by atoms with Crippen LogP contribution in [0.4, 0.5) is 0 Å². The van der Waals surface area contributed by atoms with E-state index in [1.54, 1.807) is 12.3 Å². The van der Waals surface area contributed by atoms with Crippen LogP contribution < -0.4 is 10.6 Å². The standard InChI is InChI=1S/C13H12N2O2/c16-13(17)9-6-8-3-4-11-10(2-1-5-14-11)12(8)15-7-9/h1,3-7,12,14-15H,2H2,(H,16,17). The number of rotatable bonds is 1. The van der Waals surface area contributed by atoms with Gasteiger partial charge < -0.3 is 15.7 Å². The molecule has 0 aromatic carbocycles. The lowest BCUT2D eigenvalue weighted by molar-refractivity contribution is -0.132. The maximum Gasteiger partial charge on any atom is 0.337 e. The molecule has 1 unspecified atom stereocenters. The predicted octanol–water partition coefficient (Wildman–Crippen LogP) is 1.18. The Labute approximate surface area is 98.7 Å². The molecular weight excluding hydrogens is 216 g/mol. The number of carbonyl (C=O) groups is 1. The van der Waals surface area contributed by atoms with Crippen LogP contribution in [0.25, 0.3) is 0 Å². The first kappa shape index (κ1) is 9.96. The second-order valence-corrected chi connectivity index (χ2v) is 4.17. The fraction of sp³-hybridized carbons (Fsp3) is 0.154. The van der Waals surface area contributed by atoms with Gasteiger partial charge in [-0.15, -0.1) is 0 Å². The van der Waals surface area contributed by atoms with E-state index in [1.165, 1.54) is 5.57 Å². The van der Waals surface area contributed by atoms with Gasteiger partial charge in [0.1, 0.15) is 0 Å². The Bertz CT molecular complexity index is 536. The van der Waals surface area contributed by atoms with Gasteiger partial charge in [0.05, 0.1) is 11.6 Å². The number of carboxylic acids is 1. The van der Waals surface area contributed by atoms with Gasteiger partial charge in [-0.1, -0.05) is 12.2 Å². The van der Waals surface area contributed by atoms with E-state index >= 15 is 0 Å². The fourth-order valence-electron chi connectivity index (χ4n) is 2.29. The molecule has 0 spiro atoms. The summed E-state index contributed by atoms with van der Waals surface area (Å²) in [6, 6.07) is 0.0931. The van der Waals surface area contributed by atoms with Crippen molar-refractivity contribution in [3.05, 3.63) is 59.1 Å². The number of carboxylic acid groups (broad SMARTS) is 1. The lowest BCUT2D eigenvalue weighted by Crippen LogP contribution is -2.36. The summed E-state index contributed by atoms with van der Waals surface area (Å²) < 4.78 is 0. The molecule has 86 valence electrons. The molecule has 4 nitrogen and oxygen atoms in total. The number of hydrogen-bond donors (Lipinski definition) is 3. The van der Waals surface area contributed by atoms with Crippen LogP contribution in [-0.4, -0.2) is 17.1 Å². The van der Waals surface area contributed by atoms with Crippen molar-refractivity contribution in [1.29, 1.82) is 0 Å². The quantitative estimate of drug-likeness (QED) is 0.630. The van der Waals surface area contributed by atoms with Gasteiger partial charge in [0.2, 0.25) is 0 Å². The molecule has 0 radical (unpaired) electrons. The Balaban J connectivity index is 1.95. The van der Waals surface area contributed by atoms with Crippen molar-refractivity contribution in [1.82, 2.24) is 10.6 Å². The topological polar surface area (TPSA) is 61.4 Å². The van der Waals surface area contributed by atoms with Crippen LogP contribution in [0.3, 0.4) is 0 Å². The highest BCUT2D eigenvalue weighted by Gasteiger charge is 2.26. The molecule has 0 amide bonds. The number of aliphatic carboxylic acids is 1. The lowest BCUT2D eigenvalue weighted by Gasteiger charge is -2.31. The Kier molecular flexibility index (Phi) is 2.14. The molecule has 17 heavy (non-hydrogen) atoms. The van der Waals surface area contributed by atoms with E-state index in [0.717, 1.165) is 17.7 Å². The molecule has 0 fully saturated rings. The zero-order valence-corrected chi connectivity index (χ0v) is 9.10. The maximum absolute atomic E-state index is 10.9. The van der Waals surface area contributed by atoms with Crippen LogP contribution in [0.2, 0.25) is 0 Å². The van der Waals surface area contributed by atoms with Gasteiger partial charge in [-0.05, 0) is 35.9 Å². The highest BCUT2D eigenvalue weighted by atomic mass is 16.4. The minimum absolute atomic E-state index is 0.0931. The van der Waals surface area contributed by atoms with E-state index in [9.17, 15) is 4.79 Å². The molecule has 4 heteroatoms. The van der Waals surface area contributed by atoms with Gasteiger partial charge in [-0.2, -0.15) is 0 Å². The van der Waals surface area contributed by atoms with E-state index in [0.29, 0.717) is 5.57 Å². The lowest BCUT2D eigenvalue weighted by atomic mass is 9.86. The van der Waals surface area contributed by atoms with Crippen molar-refractivity contribution < 1.29 is 9.90 Å². The van der Waals surface area contributed by atoms with Crippen LogP contribution in [-0.2, 0) is 4.79 Å². The molecule has 0 aromatic heterocycles. The smallest absolute Gasteiger partial charge is 0.337 e. The number of fused-ring (bicyclic) bond motifs is 2. The summed E-state index contributed by atoms with van der Waals surface area (Å²) in [6.45, 7) is 0. The van der Waals surface area contributed by atoms with Crippen molar-refractivity contribution in [3.8, 4) is 0 Å². The molecule has 0 saturated carbocycles. The van der Waals surface area contributed by atoms with Gasteiger partial charge in [0.25, 0.3) is 0 Å². The van der Waals surface area contributed by atoms with Crippen LogP contribution in [0.1, 0.15) is 6.42 Å². The maximum atomic E-state index is 10.9. The molecule has 2 aliphatic heterocycles. The molecule has 3 N–H and O–H groups in total. The average molecular weight is 228 g/mol. The van der Waals surface area contributed by atoms with Gasteiger partial charge in [-0.25, -0.2) is 4.79 Å². The molecule has 0 bridgehead atoms. The van der Waals surface area contributed by atoms with Crippen LogP contribution in [0.5, 0.6) is 0 Å². The van der Waals surface area contributed by atoms with E-state index in [-0.39, 0.29) is 6.04 Å². The summed E-state index contributed by atoms with van der Waals surface area (Å²) >= 11 is 0. The largest absolute Gasteiger partial charge is 0.478 e. The summed E-state index contributed by atoms with van der Waals surface area (Å²) in [7, 11) is 0. The second-order valence-electron chi connectivity index (χ2n) is 4.17. The van der Waals surface area contributed by atoms with E-state index in [4.69, 9.17) is 5.11 Å². The zero-order valence-electron chi connectivity index (χ0n) is 9.10. The van der Waals surface area contributed by atoms with E-state index in [2.05, 4.69) is 16.7 Å². The minimum Gasteiger partial charge on any atom is -0.478 e. The van der Waals surface area contributed by atoms with Crippen LogP contribution in [0, 0.1) is 0 Å². The van der Waals surface area contributed by atoms with Crippen LogP contribution in [0.15, 0.2) is 59.1 Å². The second kappa shape index (κ2) is 3.66. The Morgan fingerprint density at radius 2 is 2.29 bits per heavy atom. The van der Waals surface area contributed by atoms with Crippen molar-refractivity contribution in [2.75, 3.05) is 0 Å². The van der Waals surface area contributed by atoms with Gasteiger partial charge in [0, 0.05) is 11.9 Å². The normalized spacial score (nSPS) is 25.1. The molecular formula is C13H12N2O2. The number of dihydropyridines is 2. The molecule has 0 aromatic rings. The minimum atomic E-state index is -0.904. The third kappa shape index (κ3) is 1.58. The highest BCUT2D eigenvalue weighted by molar-refractivity contribution is 5.90. The molecule has 3 aliphatic rings. The molecule has 1 aliphatic carbocycles. The number of nitrogens with one attached hydrogen (secondary N) is 2. The monoisotopic (exact) mass is 228 g/mol. The van der Waals surface area contributed by atoms with Gasteiger partial charge in [-0.3, -0.25) is 0 Å². The first-order valence-electron chi connectivity index (χ1n) is 5.49. The molecule has 0 saturated heterocycles. The summed E-state index contributed by atoms with van der Waals surface area (Å²) in [5, 5.41) is 15.3. The molecule has 2 heterocycles. The van der Waals surface area contributed by atoms with Gasteiger partial charge >= 0.3 is 5.97 Å². The van der Waals surface area contributed by atoms with Crippen molar-refractivity contribution in [2.24, 2.45) is 0 Å². The highest BCUT2D eigenvalue weighted by Crippen LogP contribution is 2.30. The van der Waals surface area contributed by atoms with Crippen LogP contribution >= 0.6 is 0 Å². The summed E-state index contributed by atoms with van der Waals surface area (Å²) in [5.74, 6) is -0.904. The zero-order chi connectivity index (χ0) is 11.8. The first-order valence-corrected chi connectivity index (χ1v) is 5.49. The van der Waals surface area contributed by atoms with E-state index in [1.807, 2.05) is 18.4 Å².